The van der Waals surface area contributed by atoms with Crippen LogP contribution in [0, 0.1) is 3.95 Å². The third kappa shape index (κ3) is 2.82. The highest BCUT2D eigenvalue weighted by atomic mass is 32.1. The highest BCUT2D eigenvalue weighted by Crippen LogP contribution is 2.12. The summed E-state index contributed by atoms with van der Waals surface area (Å²) in [6.07, 6.45) is 0. The van der Waals surface area contributed by atoms with E-state index in [0.29, 0.717) is 20.9 Å². The Hall–Kier alpha value is -1.99. The van der Waals surface area contributed by atoms with Crippen LogP contribution in [0.3, 0.4) is 0 Å². The molecule has 2 aromatic rings. The Kier molecular flexibility index (Phi) is 3.54. The predicted molar refractivity (Wildman–Crippen MR) is 72.4 cm³/mol. The van der Waals surface area contributed by atoms with Crippen molar-refractivity contribution < 1.29 is 9.59 Å². The maximum Gasteiger partial charge on any atom is 0.272 e. The number of thiazole rings is 1. The number of benzene rings is 1. The van der Waals surface area contributed by atoms with E-state index in [1.165, 1.54) is 17.4 Å². The summed E-state index contributed by atoms with van der Waals surface area (Å²) in [7, 11) is 0. The molecule has 0 saturated carbocycles. The van der Waals surface area contributed by atoms with Crippen LogP contribution < -0.4 is 11.1 Å². The van der Waals surface area contributed by atoms with Gasteiger partial charge in [-0.1, -0.05) is 6.07 Å². The van der Waals surface area contributed by atoms with Crippen LogP contribution in [0.5, 0.6) is 0 Å². The number of hydrogen-bond donors (Lipinski definition) is 3. The van der Waals surface area contributed by atoms with Crippen LogP contribution in [0.15, 0.2) is 29.6 Å². The molecule has 0 aliphatic heterocycles. The molecule has 0 fully saturated rings. The molecular weight excluding hydrogens is 270 g/mol. The number of aromatic amines is 1. The average molecular weight is 279 g/mol. The van der Waals surface area contributed by atoms with Crippen molar-refractivity contribution in [1.29, 1.82) is 0 Å². The molecule has 0 atom stereocenters. The summed E-state index contributed by atoms with van der Waals surface area (Å²) in [6.45, 7) is 0. The maximum absolute atomic E-state index is 11.8. The minimum absolute atomic E-state index is 0.316. The normalized spacial score (nSPS) is 10.0. The number of aromatic nitrogens is 1. The van der Waals surface area contributed by atoms with Gasteiger partial charge in [-0.3, -0.25) is 9.59 Å². The Labute approximate surface area is 112 Å². The fraction of sp³-hybridized carbons (Fsp3) is 0. The van der Waals surface area contributed by atoms with Gasteiger partial charge in [-0.15, -0.1) is 11.3 Å². The van der Waals surface area contributed by atoms with Gasteiger partial charge in [-0.25, -0.2) is 0 Å². The molecule has 2 amide bonds. The van der Waals surface area contributed by atoms with E-state index in [9.17, 15) is 9.59 Å². The first kappa shape index (κ1) is 12.5. The van der Waals surface area contributed by atoms with Gasteiger partial charge < -0.3 is 16.0 Å². The van der Waals surface area contributed by atoms with Gasteiger partial charge in [-0.05, 0) is 30.4 Å². The monoisotopic (exact) mass is 279 g/mol. The summed E-state index contributed by atoms with van der Waals surface area (Å²) in [5.41, 5.74) is 6.38. The molecule has 0 bridgehead atoms. The largest absolute Gasteiger partial charge is 0.366 e. The second-order valence-corrected chi connectivity index (χ2v) is 5.01. The molecule has 0 spiro atoms. The molecule has 1 heterocycles. The van der Waals surface area contributed by atoms with Crippen LogP contribution in [0.4, 0.5) is 5.69 Å². The Morgan fingerprint density at radius 2 is 2.17 bits per heavy atom. The first-order valence-corrected chi connectivity index (χ1v) is 6.24. The standard InChI is InChI=1S/C11H9N3O2S2/c12-9(15)6-2-1-3-7(4-6)13-10(16)8-5-18-11(17)14-8/h1-5H,(H2,12,15)(H,13,16)(H,14,17). The van der Waals surface area contributed by atoms with Gasteiger partial charge >= 0.3 is 0 Å². The fourth-order valence-corrected chi connectivity index (χ4v) is 2.15. The second kappa shape index (κ2) is 5.11. The summed E-state index contributed by atoms with van der Waals surface area (Å²) >= 11 is 6.17. The number of nitrogens with two attached hydrogens (primary N) is 1. The summed E-state index contributed by atoms with van der Waals surface area (Å²) in [4.78, 5) is 25.6. The SMILES string of the molecule is NC(=O)c1cccc(NC(=O)c2csc(=S)[nH]2)c1. The van der Waals surface area contributed by atoms with Gasteiger partial charge in [-0.2, -0.15) is 0 Å². The van der Waals surface area contributed by atoms with Crippen LogP contribution in [0.25, 0.3) is 0 Å². The minimum atomic E-state index is -0.541. The molecule has 0 aliphatic carbocycles. The zero-order valence-electron chi connectivity index (χ0n) is 9.10. The molecule has 0 saturated heterocycles. The molecule has 4 N–H and O–H groups in total. The maximum atomic E-state index is 11.8. The van der Waals surface area contributed by atoms with E-state index in [1.807, 2.05) is 0 Å². The van der Waals surface area contributed by atoms with Crippen molar-refractivity contribution in [3.05, 3.63) is 44.9 Å². The molecule has 0 aliphatic rings. The molecule has 18 heavy (non-hydrogen) atoms. The van der Waals surface area contributed by atoms with Crippen molar-refractivity contribution in [3.63, 3.8) is 0 Å². The van der Waals surface area contributed by atoms with Crippen molar-refractivity contribution in [3.8, 4) is 0 Å². The van der Waals surface area contributed by atoms with Crippen LogP contribution in [0.1, 0.15) is 20.8 Å². The second-order valence-electron chi connectivity index (χ2n) is 3.46. The smallest absolute Gasteiger partial charge is 0.272 e. The van der Waals surface area contributed by atoms with E-state index in [1.54, 1.807) is 23.6 Å². The lowest BCUT2D eigenvalue weighted by Gasteiger charge is -2.04. The van der Waals surface area contributed by atoms with Crippen LogP contribution in [-0.4, -0.2) is 16.8 Å². The summed E-state index contributed by atoms with van der Waals surface area (Å²) in [5.74, 6) is -0.856. The van der Waals surface area contributed by atoms with Crippen molar-refractivity contribution in [2.45, 2.75) is 0 Å². The quantitative estimate of drug-likeness (QED) is 0.752. The van der Waals surface area contributed by atoms with E-state index in [-0.39, 0.29) is 5.91 Å². The molecule has 2 rings (SSSR count). The van der Waals surface area contributed by atoms with E-state index in [0.717, 1.165) is 0 Å². The molecule has 92 valence electrons. The number of carbonyl (C=O) groups excluding carboxylic acids is 2. The van der Waals surface area contributed by atoms with Crippen molar-refractivity contribution in [2.24, 2.45) is 5.73 Å². The number of H-pyrrole nitrogens is 1. The lowest BCUT2D eigenvalue weighted by atomic mass is 10.2. The Bertz CT molecular complexity index is 660. The number of carbonyl (C=O) groups is 2. The van der Waals surface area contributed by atoms with E-state index < -0.39 is 5.91 Å². The van der Waals surface area contributed by atoms with Crippen molar-refractivity contribution in [2.75, 3.05) is 5.32 Å². The topological polar surface area (TPSA) is 88.0 Å². The predicted octanol–water partition coefficient (Wildman–Crippen LogP) is 2.16. The zero-order valence-corrected chi connectivity index (χ0v) is 10.7. The third-order valence-corrected chi connectivity index (χ3v) is 3.23. The number of rotatable bonds is 3. The highest BCUT2D eigenvalue weighted by molar-refractivity contribution is 7.73. The highest BCUT2D eigenvalue weighted by Gasteiger charge is 2.08. The van der Waals surface area contributed by atoms with E-state index >= 15 is 0 Å². The third-order valence-electron chi connectivity index (χ3n) is 2.17. The van der Waals surface area contributed by atoms with Crippen molar-refractivity contribution in [1.82, 2.24) is 4.98 Å². The van der Waals surface area contributed by atoms with E-state index in [4.69, 9.17) is 18.0 Å². The van der Waals surface area contributed by atoms with Crippen molar-refractivity contribution >= 4 is 41.1 Å². The number of amides is 2. The summed E-state index contributed by atoms with van der Waals surface area (Å²) in [5, 5.41) is 4.28. The van der Waals surface area contributed by atoms with Gasteiger partial charge in [0.25, 0.3) is 5.91 Å². The van der Waals surface area contributed by atoms with Gasteiger partial charge in [0.05, 0.1) is 0 Å². The molecular formula is C11H9N3O2S2. The average Bonchev–Trinajstić information content (AvgIpc) is 2.76. The minimum Gasteiger partial charge on any atom is -0.366 e. The molecule has 5 nitrogen and oxygen atoms in total. The summed E-state index contributed by atoms with van der Waals surface area (Å²) in [6, 6.07) is 6.41. The van der Waals surface area contributed by atoms with Gasteiger partial charge in [0.2, 0.25) is 5.91 Å². The number of hydrogen-bond acceptors (Lipinski definition) is 4. The molecule has 0 radical (unpaired) electrons. The molecule has 0 unspecified atom stereocenters. The Morgan fingerprint density at radius 3 is 2.78 bits per heavy atom. The van der Waals surface area contributed by atoms with Gasteiger partial charge in [0, 0.05) is 16.6 Å². The lowest BCUT2D eigenvalue weighted by Crippen LogP contribution is -2.14. The number of primary amides is 1. The first-order valence-electron chi connectivity index (χ1n) is 4.95. The van der Waals surface area contributed by atoms with Gasteiger partial charge in [0.15, 0.2) is 3.95 Å². The zero-order chi connectivity index (χ0) is 13.1. The Balaban J connectivity index is 2.19. The fourth-order valence-electron chi connectivity index (χ4n) is 1.34. The van der Waals surface area contributed by atoms with Crippen LogP contribution in [0.2, 0.25) is 0 Å². The van der Waals surface area contributed by atoms with Crippen LogP contribution >= 0.6 is 23.6 Å². The van der Waals surface area contributed by atoms with Gasteiger partial charge in [0.1, 0.15) is 5.69 Å². The molecule has 1 aromatic heterocycles. The number of nitrogens with one attached hydrogen (secondary N) is 2. The molecule has 1 aromatic carbocycles. The number of anilines is 1. The molecule has 7 heteroatoms. The first-order chi connectivity index (χ1) is 8.56. The summed E-state index contributed by atoms with van der Waals surface area (Å²) < 4.78 is 0.533. The van der Waals surface area contributed by atoms with Crippen LogP contribution in [-0.2, 0) is 0 Å². The Morgan fingerprint density at radius 1 is 1.39 bits per heavy atom. The van der Waals surface area contributed by atoms with E-state index in [2.05, 4.69) is 10.3 Å². The lowest BCUT2D eigenvalue weighted by molar-refractivity contribution is 0.0995.